The molecule has 7 heteroatoms. The van der Waals surface area contributed by atoms with Crippen molar-refractivity contribution < 1.29 is 17.9 Å². The SMILES string of the molecule is Nc1cccc(F)c1S(=O)(=O)Nc1cccc(O)c1. The average molecular weight is 282 g/mol. The molecule has 0 fully saturated rings. The highest BCUT2D eigenvalue weighted by molar-refractivity contribution is 7.92. The molecule has 0 spiro atoms. The van der Waals surface area contributed by atoms with Crippen LogP contribution in [0.2, 0.25) is 0 Å². The number of aromatic hydroxyl groups is 1. The highest BCUT2D eigenvalue weighted by Crippen LogP contribution is 2.25. The summed E-state index contributed by atoms with van der Waals surface area (Å²) in [6.07, 6.45) is 0. The predicted molar refractivity (Wildman–Crippen MR) is 69.7 cm³/mol. The highest BCUT2D eigenvalue weighted by atomic mass is 32.2. The first-order chi connectivity index (χ1) is 8.90. The van der Waals surface area contributed by atoms with E-state index in [4.69, 9.17) is 5.73 Å². The number of sulfonamides is 1. The van der Waals surface area contributed by atoms with Crippen LogP contribution in [0, 0.1) is 5.82 Å². The van der Waals surface area contributed by atoms with Gasteiger partial charge in [-0.15, -0.1) is 0 Å². The van der Waals surface area contributed by atoms with Gasteiger partial charge in [0.1, 0.15) is 16.5 Å². The van der Waals surface area contributed by atoms with Crippen LogP contribution in [0.4, 0.5) is 15.8 Å². The number of phenols is 1. The molecule has 0 atom stereocenters. The summed E-state index contributed by atoms with van der Waals surface area (Å²) in [6.45, 7) is 0. The number of phenolic OH excluding ortho intramolecular Hbond substituents is 1. The second kappa shape index (κ2) is 4.77. The Morgan fingerprint density at radius 2 is 1.84 bits per heavy atom. The molecule has 2 aromatic rings. The summed E-state index contributed by atoms with van der Waals surface area (Å²) in [6, 6.07) is 9.08. The van der Waals surface area contributed by atoms with Crippen molar-refractivity contribution in [2.75, 3.05) is 10.5 Å². The Hall–Kier alpha value is -2.28. The maximum atomic E-state index is 13.6. The van der Waals surface area contributed by atoms with Gasteiger partial charge in [0.15, 0.2) is 0 Å². The van der Waals surface area contributed by atoms with Crippen LogP contribution in [0.25, 0.3) is 0 Å². The Morgan fingerprint density at radius 1 is 1.16 bits per heavy atom. The normalized spacial score (nSPS) is 11.2. The lowest BCUT2D eigenvalue weighted by Crippen LogP contribution is -2.16. The second-order valence-electron chi connectivity index (χ2n) is 3.81. The fourth-order valence-electron chi connectivity index (χ4n) is 1.58. The molecule has 2 rings (SSSR count). The number of nitrogens with one attached hydrogen (secondary N) is 1. The summed E-state index contributed by atoms with van der Waals surface area (Å²) >= 11 is 0. The Labute approximate surface area is 109 Å². The minimum Gasteiger partial charge on any atom is -0.508 e. The molecule has 0 saturated heterocycles. The van der Waals surface area contributed by atoms with E-state index in [1.807, 2.05) is 0 Å². The van der Waals surface area contributed by atoms with Gasteiger partial charge in [0, 0.05) is 6.07 Å². The Morgan fingerprint density at radius 3 is 2.47 bits per heavy atom. The molecule has 19 heavy (non-hydrogen) atoms. The first-order valence-electron chi connectivity index (χ1n) is 5.26. The molecule has 0 bridgehead atoms. The molecule has 100 valence electrons. The van der Waals surface area contributed by atoms with Crippen LogP contribution < -0.4 is 10.5 Å². The maximum Gasteiger partial charge on any atom is 0.266 e. The third-order valence-corrected chi connectivity index (χ3v) is 3.84. The zero-order chi connectivity index (χ0) is 14.0. The highest BCUT2D eigenvalue weighted by Gasteiger charge is 2.22. The van der Waals surface area contributed by atoms with Gasteiger partial charge < -0.3 is 10.8 Å². The van der Waals surface area contributed by atoms with E-state index >= 15 is 0 Å². The Kier molecular flexibility index (Phi) is 3.30. The molecule has 0 aliphatic rings. The van der Waals surface area contributed by atoms with Crippen molar-refractivity contribution in [2.24, 2.45) is 0 Å². The van der Waals surface area contributed by atoms with Crippen molar-refractivity contribution in [3.63, 3.8) is 0 Å². The standard InChI is InChI=1S/C12H11FN2O3S/c13-10-5-2-6-11(14)12(10)19(17,18)15-8-3-1-4-9(16)7-8/h1-7,15-16H,14H2. The quantitative estimate of drug-likeness (QED) is 0.750. The number of nitrogens with two attached hydrogens (primary N) is 1. The van der Waals surface area contributed by atoms with E-state index in [1.54, 1.807) is 0 Å². The van der Waals surface area contributed by atoms with Crippen molar-refractivity contribution in [1.82, 2.24) is 0 Å². The van der Waals surface area contributed by atoms with Gasteiger partial charge in [-0.1, -0.05) is 12.1 Å². The largest absolute Gasteiger partial charge is 0.508 e. The van der Waals surface area contributed by atoms with Crippen molar-refractivity contribution in [2.45, 2.75) is 4.90 Å². The van der Waals surface area contributed by atoms with Crippen LogP contribution in [0.15, 0.2) is 47.4 Å². The van der Waals surface area contributed by atoms with Gasteiger partial charge in [-0.25, -0.2) is 12.8 Å². The van der Waals surface area contributed by atoms with E-state index in [1.165, 1.54) is 36.4 Å². The van der Waals surface area contributed by atoms with Gasteiger partial charge in [0.25, 0.3) is 10.0 Å². The van der Waals surface area contributed by atoms with Crippen LogP contribution >= 0.6 is 0 Å². The fraction of sp³-hybridized carbons (Fsp3) is 0. The summed E-state index contributed by atoms with van der Waals surface area (Å²) in [4.78, 5) is -0.613. The predicted octanol–water partition coefficient (Wildman–Crippen LogP) is 1.91. The zero-order valence-corrected chi connectivity index (χ0v) is 10.5. The molecule has 0 saturated carbocycles. The smallest absolute Gasteiger partial charge is 0.266 e. The van der Waals surface area contributed by atoms with E-state index < -0.39 is 20.7 Å². The number of halogens is 1. The molecule has 0 radical (unpaired) electrons. The topological polar surface area (TPSA) is 92.4 Å². The van der Waals surface area contributed by atoms with E-state index in [9.17, 15) is 17.9 Å². The molecule has 0 aliphatic carbocycles. The number of rotatable bonds is 3. The van der Waals surface area contributed by atoms with Gasteiger partial charge in [-0.05, 0) is 24.3 Å². The molecule has 0 aliphatic heterocycles. The van der Waals surface area contributed by atoms with E-state index in [2.05, 4.69) is 4.72 Å². The van der Waals surface area contributed by atoms with Crippen LogP contribution in [0.1, 0.15) is 0 Å². The van der Waals surface area contributed by atoms with Gasteiger partial charge in [0.05, 0.1) is 11.4 Å². The van der Waals surface area contributed by atoms with Crippen molar-refractivity contribution in [3.8, 4) is 5.75 Å². The monoisotopic (exact) mass is 282 g/mol. The van der Waals surface area contributed by atoms with Gasteiger partial charge >= 0.3 is 0 Å². The molecule has 0 aromatic heterocycles. The molecule has 2 aromatic carbocycles. The number of benzene rings is 2. The zero-order valence-electron chi connectivity index (χ0n) is 9.67. The summed E-state index contributed by atoms with van der Waals surface area (Å²) in [5, 5.41) is 9.26. The first-order valence-corrected chi connectivity index (χ1v) is 6.74. The number of anilines is 2. The van der Waals surface area contributed by atoms with E-state index in [-0.39, 0.29) is 17.1 Å². The summed E-state index contributed by atoms with van der Waals surface area (Å²) < 4.78 is 39.8. The van der Waals surface area contributed by atoms with E-state index in [0.29, 0.717) is 0 Å². The van der Waals surface area contributed by atoms with Crippen LogP contribution in [0.3, 0.4) is 0 Å². The molecule has 5 nitrogen and oxygen atoms in total. The van der Waals surface area contributed by atoms with Gasteiger partial charge in [-0.3, -0.25) is 4.72 Å². The number of hydrogen-bond acceptors (Lipinski definition) is 4. The molecule has 0 amide bonds. The second-order valence-corrected chi connectivity index (χ2v) is 5.43. The average Bonchev–Trinajstić information content (AvgIpc) is 2.27. The maximum absolute atomic E-state index is 13.6. The summed E-state index contributed by atoms with van der Waals surface area (Å²) in [5.74, 6) is -1.05. The molecule has 4 N–H and O–H groups in total. The minimum atomic E-state index is -4.15. The molecular weight excluding hydrogens is 271 g/mol. The van der Waals surface area contributed by atoms with Crippen molar-refractivity contribution in [1.29, 1.82) is 0 Å². The summed E-state index contributed by atoms with van der Waals surface area (Å²) in [7, 11) is -4.15. The Balaban J connectivity index is 2.44. The molecule has 0 heterocycles. The third-order valence-electron chi connectivity index (χ3n) is 2.36. The third kappa shape index (κ3) is 2.76. The number of hydrogen-bond donors (Lipinski definition) is 3. The lowest BCUT2D eigenvalue weighted by molar-refractivity contribution is 0.475. The molecule has 0 unspecified atom stereocenters. The van der Waals surface area contributed by atoms with Crippen LogP contribution in [0.5, 0.6) is 5.75 Å². The minimum absolute atomic E-state index is 0.110. The van der Waals surface area contributed by atoms with Crippen LogP contribution in [-0.2, 0) is 10.0 Å². The van der Waals surface area contributed by atoms with E-state index in [0.717, 1.165) is 6.07 Å². The van der Waals surface area contributed by atoms with Gasteiger partial charge in [-0.2, -0.15) is 0 Å². The van der Waals surface area contributed by atoms with Crippen LogP contribution in [-0.4, -0.2) is 13.5 Å². The first kappa shape index (κ1) is 13.2. The molecular formula is C12H11FN2O3S. The summed E-state index contributed by atoms with van der Waals surface area (Å²) in [5.41, 5.74) is 5.41. The van der Waals surface area contributed by atoms with Crippen molar-refractivity contribution in [3.05, 3.63) is 48.3 Å². The fourth-order valence-corrected chi connectivity index (χ4v) is 2.83. The lowest BCUT2D eigenvalue weighted by Gasteiger charge is -2.11. The Bertz CT molecular complexity index is 696. The lowest BCUT2D eigenvalue weighted by atomic mass is 10.3. The van der Waals surface area contributed by atoms with Crippen molar-refractivity contribution >= 4 is 21.4 Å². The van der Waals surface area contributed by atoms with Gasteiger partial charge in [0.2, 0.25) is 0 Å². The number of nitrogen functional groups attached to an aromatic ring is 1.